The fourth-order valence-corrected chi connectivity index (χ4v) is 1.45. The van der Waals surface area contributed by atoms with E-state index in [2.05, 4.69) is 0 Å². The topological polar surface area (TPSA) is 179 Å². The van der Waals surface area contributed by atoms with Gasteiger partial charge in [-0.15, -0.1) is 0 Å². The number of hydrogen-bond acceptors (Lipinski definition) is 5. The first-order valence-electron chi connectivity index (χ1n) is 6.12. The number of aliphatic hydroxyl groups is 1. The van der Waals surface area contributed by atoms with E-state index in [0.717, 1.165) is 0 Å². The van der Waals surface area contributed by atoms with Crippen molar-refractivity contribution in [1.82, 2.24) is 0 Å². The van der Waals surface area contributed by atoms with E-state index in [0.29, 0.717) is 5.56 Å². The number of aliphatic carboxylic acids is 3. The second-order valence-electron chi connectivity index (χ2n) is 4.60. The third-order valence-electron chi connectivity index (χ3n) is 2.51. The number of pyridine rings is 1. The van der Waals surface area contributed by atoms with Crippen molar-refractivity contribution in [2.24, 2.45) is 12.8 Å². The van der Waals surface area contributed by atoms with Crippen molar-refractivity contribution in [3.05, 3.63) is 30.1 Å². The number of nitrogens with zero attached hydrogens (tertiary/aromatic N) is 1. The van der Waals surface area contributed by atoms with Crippen LogP contribution >= 0.6 is 0 Å². The number of hydrogen-bond donors (Lipinski definition) is 5. The molecule has 0 aliphatic heterocycles. The lowest BCUT2D eigenvalue weighted by Gasteiger charge is -2.18. The molecule has 1 heterocycles. The van der Waals surface area contributed by atoms with Gasteiger partial charge in [-0.05, 0) is 6.07 Å². The normalized spacial score (nSPS) is 10.2. The van der Waals surface area contributed by atoms with Crippen LogP contribution < -0.4 is 10.3 Å². The molecular weight excluding hydrogens is 312 g/mol. The van der Waals surface area contributed by atoms with Gasteiger partial charge in [0.05, 0.1) is 12.8 Å². The minimum absolute atomic E-state index is 0.392. The zero-order valence-electron chi connectivity index (χ0n) is 12.2. The van der Waals surface area contributed by atoms with Gasteiger partial charge >= 0.3 is 17.9 Å². The first kappa shape index (κ1) is 20.0. The van der Waals surface area contributed by atoms with E-state index in [1.165, 1.54) is 0 Å². The van der Waals surface area contributed by atoms with Crippen molar-refractivity contribution in [3.8, 4) is 0 Å². The Bertz CT molecular complexity index is 598. The first-order chi connectivity index (χ1) is 10.5. The third kappa shape index (κ3) is 7.52. The molecule has 0 spiro atoms. The van der Waals surface area contributed by atoms with E-state index < -0.39 is 42.3 Å². The molecule has 6 N–H and O–H groups in total. The van der Waals surface area contributed by atoms with E-state index in [1.54, 1.807) is 22.9 Å². The van der Waals surface area contributed by atoms with Crippen LogP contribution in [0.1, 0.15) is 23.2 Å². The molecule has 10 nitrogen and oxygen atoms in total. The average molecular weight is 329 g/mol. The smallest absolute Gasteiger partial charge is 0.336 e. The Morgan fingerprint density at radius 3 is 1.87 bits per heavy atom. The zero-order valence-corrected chi connectivity index (χ0v) is 12.2. The van der Waals surface area contributed by atoms with Crippen LogP contribution in [0.15, 0.2) is 24.5 Å². The number of carbonyl (C=O) groups excluding carboxylic acids is 1. The number of aryl methyl sites for hydroxylation is 1. The van der Waals surface area contributed by atoms with Crippen LogP contribution in [-0.4, -0.2) is 49.8 Å². The molecule has 10 heteroatoms. The Morgan fingerprint density at radius 1 is 1.13 bits per heavy atom. The van der Waals surface area contributed by atoms with Crippen LogP contribution in [0.2, 0.25) is 0 Å². The van der Waals surface area contributed by atoms with E-state index in [4.69, 9.17) is 26.2 Å². The Morgan fingerprint density at radius 2 is 1.61 bits per heavy atom. The SMILES string of the molecule is C[n+]1cccc(C(N)=O)c1.O=C(O)CC(O)(CC(=O)O)C(=O)O. The zero-order chi connectivity index (χ0) is 18.2. The summed E-state index contributed by atoms with van der Waals surface area (Å²) in [5.74, 6) is -5.41. The molecule has 126 valence electrons. The van der Waals surface area contributed by atoms with Gasteiger partial charge in [0, 0.05) is 6.07 Å². The van der Waals surface area contributed by atoms with Crippen molar-refractivity contribution >= 4 is 23.8 Å². The minimum Gasteiger partial charge on any atom is -0.481 e. The number of nitrogens with two attached hydrogens (primary N) is 1. The second-order valence-corrected chi connectivity index (χ2v) is 4.60. The lowest BCUT2D eigenvalue weighted by Crippen LogP contribution is -2.42. The Kier molecular flexibility index (Phi) is 7.33. The van der Waals surface area contributed by atoms with E-state index >= 15 is 0 Å². The van der Waals surface area contributed by atoms with Gasteiger partial charge in [-0.3, -0.25) is 14.4 Å². The van der Waals surface area contributed by atoms with Gasteiger partial charge in [-0.25, -0.2) is 9.36 Å². The first-order valence-corrected chi connectivity index (χ1v) is 6.12. The van der Waals surface area contributed by atoms with Gasteiger partial charge in [0.25, 0.3) is 5.91 Å². The molecule has 1 aromatic heterocycles. The highest BCUT2D eigenvalue weighted by Gasteiger charge is 2.40. The van der Waals surface area contributed by atoms with Crippen LogP contribution in [-0.2, 0) is 21.4 Å². The van der Waals surface area contributed by atoms with Crippen molar-refractivity contribution in [2.45, 2.75) is 18.4 Å². The largest absolute Gasteiger partial charge is 0.481 e. The van der Waals surface area contributed by atoms with Crippen molar-refractivity contribution in [3.63, 3.8) is 0 Å². The fraction of sp³-hybridized carbons (Fsp3) is 0.308. The standard InChI is InChI=1S/C7H8N2O.C6H8O7/c1-9-4-2-3-6(5-9)7(8)10;7-3(8)1-6(13,5(11)12)2-4(9)10/h2-5H,1H3,(H-,8,10);13H,1-2H2,(H,7,8)(H,9,10)(H,11,12)/p+1. The molecule has 1 rings (SSSR count). The molecule has 0 fully saturated rings. The minimum atomic E-state index is -2.74. The highest BCUT2D eigenvalue weighted by Crippen LogP contribution is 2.15. The molecule has 0 unspecified atom stereocenters. The maximum absolute atomic E-state index is 10.6. The molecule has 0 atom stereocenters. The van der Waals surface area contributed by atoms with Gasteiger partial charge in [-0.1, -0.05) is 0 Å². The van der Waals surface area contributed by atoms with Crippen LogP contribution in [0, 0.1) is 0 Å². The molecule has 0 aliphatic rings. The molecule has 0 saturated heterocycles. The summed E-state index contributed by atoms with van der Waals surface area (Å²) in [5, 5.41) is 33.8. The number of amides is 1. The highest BCUT2D eigenvalue weighted by atomic mass is 16.4. The van der Waals surface area contributed by atoms with Crippen LogP contribution in [0.25, 0.3) is 0 Å². The van der Waals surface area contributed by atoms with Crippen molar-refractivity contribution in [1.29, 1.82) is 0 Å². The fourth-order valence-electron chi connectivity index (χ4n) is 1.45. The predicted molar refractivity (Wildman–Crippen MR) is 73.2 cm³/mol. The summed E-state index contributed by atoms with van der Waals surface area (Å²) in [6.07, 6.45) is 1.23. The van der Waals surface area contributed by atoms with Crippen molar-refractivity contribution in [2.75, 3.05) is 0 Å². The van der Waals surface area contributed by atoms with Gasteiger partial charge in [0.15, 0.2) is 18.0 Å². The summed E-state index contributed by atoms with van der Waals surface area (Å²) in [4.78, 5) is 41.0. The predicted octanol–water partition coefficient (Wildman–Crippen LogP) is -1.64. The Hall–Kier alpha value is -3.01. The molecule has 23 heavy (non-hydrogen) atoms. The number of rotatable bonds is 6. The van der Waals surface area contributed by atoms with E-state index in [1.807, 2.05) is 13.2 Å². The van der Waals surface area contributed by atoms with Gasteiger partial charge < -0.3 is 26.2 Å². The van der Waals surface area contributed by atoms with Crippen LogP contribution in [0.5, 0.6) is 0 Å². The second kappa shape index (κ2) is 8.44. The molecule has 0 saturated carbocycles. The number of carboxylic acid groups (broad SMARTS) is 3. The van der Waals surface area contributed by atoms with E-state index in [-0.39, 0.29) is 0 Å². The quantitative estimate of drug-likeness (QED) is 0.385. The maximum atomic E-state index is 10.6. The summed E-state index contributed by atoms with van der Waals surface area (Å²) in [5.41, 5.74) is 2.82. The van der Waals surface area contributed by atoms with Gasteiger partial charge in [-0.2, -0.15) is 0 Å². The molecule has 1 amide bonds. The monoisotopic (exact) mass is 329 g/mol. The summed E-state index contributed by atoms with van der Waals surface area (Å²) in [7, 11) is 1.84. The lowest BCUT2D eigenvalue weighted by molar-refractivity contribution is -0.671. The van der Waals surface area contributed by atoms with Gasteiger partial charge in [0.1, 0.15) is 12.6 Å². The summed E-state index contributed by atoms with van der Waals surface area (Å²) >= 11 is 0. The maximum Gasteiger partial charge on any atom is 0.336 e. The Balaban J connectivity index is 0.000000433. The van der Waals surface area contributed by atoms with E-state index in [9.17, 15) is 19.2 Å². The number of carbonyl (C=O) groups is 4. The van der Waals surface area contributed by atoms with Crippen molar-refractivity contribution < 1.29 is 44.2 Å². The van der Waals surface area contributed by atoms with Gasteiger partial charge in [0.2, 0.25) is 0 Å². The van der Waals surface area contributed by atoms with Crippen LogP contribution in [0.4, 0.5) is 0 Å². The molecule has 0 aliphatic carbocycles. The third-order valence-corrected chi connectivity index (χ3v) is 2.51. The summed E-state index contributed by atoms with van der Waals surface area (Å²) < 4.78 is 1.78. The molecular formula is C13H17N2O8+. The number of aromatic nitrogens is 1. The summed E-state index contributed by atoms with van der Waals surface area (Å²) in [6.45, 7) is 0. The molecule has 0 radical (unpaired) electrons. The average Bonchev–Trinajstić information content (AvgIpc) is 2.37. The summed E-state index contributed by atoms with van der Waals surface area (Å²) in [6, 6.07) is 3.46. The molecule has 1 aromatic rings. The molecule has 0 aromatic carbocycles. The van der Waals surface area contributed by atoms with Crippen LogP contribution in [0.3, 0.4) is 0 Å². The Labute approximate surface area is 130 Å². The number of carboxylic acids is 3. The lowest BCUT2D eigenvalue weighted by atomic mass is 9.96. The highest BCUT2D eigenvalue weighted by molar-refractivity contribution is 5.92. The number of primary amides is 1. The molecule has 0 bridgehead atoms.